The molecule has 1 heterocycles. The largest absolute Gasteiger partial charge is 0.444 e. The van der Waals surface area contributed by atoms with Gasteiger partial charge in [0.2, 0.25) is 5.91 Å². The number of amides is 3. The Morgan fingerprint density at radius 2 is 1.51 bits per heavy atom. The fourth-order valence-corrected chi connectivity index (χ4v) is 6.74. The Hall–Kier alpha value is -4.66. The van der Waals surface area contributed by atoms with Gasteiger partial charge in [-0.05, 0) is 92.6 Å². The standard InChI is InChI=1S/C42H49ClN4O4/c1-30(33-13-10-14-34(28-33)37-15-8-9-16-38(37)40(49)44-23-24-45-41(50)51-42(2,3)4)47(39(48)27-31-17-19-35(43)20-18-31)36-21-25-46(26-22-36)29-32-11-6-5-7-12-32/h5-20,28,30,36H,21-27,29H2,1-4H3,(H,44,49)(H,45,50). The number of nitrogens with one attached hydrogen (secondary N) is 2. The van der Waals surface area contributed by atoms with Crippen molar-refractivity contribution < 1.29 is 19.1 Å². The molecule has 0 radical (unpaired) electrons. The van der Waals surface area contributed by atoms with Gasteiger partial charge in [0.15, 0.2) is 0 Å². The normalized spacial score (nSPS) is 14.4. The van der Waals surface area contributed by atoms with Crippen molar-refractivity contribution in [3.63, 3.8) is 0 Å². The van der Waals surface area contributed by atoms with Crippen LogP contribution in [0.4, 0.5) is 4.79 Å². The minimum atomic E-state index is -0.598. The summed E-state index contributed by atoms with van der Waals surface area (Å²) in [6, 6.07) is 33.5. The molecule has 0 aliphatic carbocycles. The van der Waals surface area contributed by atoms with E-state index in [1.165, 1.54) is 5.56 Å². The van der Waals surface area contributed by atoms with E-state index >= 15 is 0 Å². The number of likely N-dealkylation sites (tertiary alicyclic amines) is 1. The molecule has 0 spiro atoms. The van der Waals surface area contributed by atoms with E-state index in [0.717, 1.165) is 54.7 Å². The monoisotopic (exact) mass is 708 g/mol. The smallest absolute Gasteiger partial charge is 0.407 e. The fraction of sp³-hybridized carbons (Fsp3) is 0.357. The number of ether oxygens (including phenoxy) is 1. The van der Waals surface area contributed by atoms with E-state index in [-0.39, 0.29) is 43.4 Å². The summed E-state index contributed by atoms with van der Waals surface area (Å²) >= 11 is 6.15. The second-order valence-corrected chi connectivity index (χ2v) is 14.6. The summed E-state index contributed by atoms with van der Waals surface area (Å²) in [7, 11) is 0. The summed E-state index contributed by atoms with van der Waals surface area (Å²) < 4.78 is 5.27. The molecule has 5 rings (SSSR count). The van der Waals surface area contributed by atoms with Crippen LogP contribution in [0.15, 0.2) is 103 Å². The van der Waals surface area contributed by atoms with E-state index in [1.807, 2.05) is 60.7 Å². The molecule has 1 unspecified atom stereocenters. The number of benzene rings is 4. The van der Waals surface area contributed by atoms with Crippen LogP contribution in [0.5, 0.6) is 0 Å². The Balaban J connectivity index is 1.32. The van der Waals surface area contributed by atoms with Crippen LogP contribution in [0.3, 0.4) is 0 Å². The number of carbonyl (C=O) groups excluding carboxylic acids is 3. The number of nitrogens with zero attached hydrogens (tertiary/aromatic N) is 2. The molecule has 0 saturated carbocycles. The third-order valence-corrected chi connectivity index (χ3v) is 9.36. The highest BCUT2D eigenvalue weighted by atomic mass is 35.5. The van der Waals surface area contributed by atoms with Gasteiger partial charge in [-0.1, -0.05) is 90.5 Å². The number of hydrogen-bond donors (Lipinski definition) is 2. The van der Waals surface area contributed by atoms with Crippen LogP contribution in [0.25, 0.3) is 11.1 Å². The minimum absolute atomic E-state index is 0.0801. The minimum Gasteiger partial charge on any atom is -0.444 e. The van der Waals surface area contributed by atoms with Crippen molar-refractivity contribution in [2.45, 2.75) is 71.2 Å². The number of rotatable bonds is 12. The van der Waals surface area contributed by atoms with E-state index in [0.29, 0.717) is 10.6 Å². The van der Waals surface area contributed by atoms with Crippen LogP contribution < -0.4 is 10.6 Å². The first-order valence-electron chi connectivity index (χ1n) is 17.7. The van der Waals surface area contributed by atoms with Crippen molar-refractivity contribution in [1.29, 1.82) is 0 Å². The quantitative estimate of drug-likeness (QED) is 0.145. The zero-order chi connectivity index (χ0) is 36.4. The van der Waals surface area contributed by atoms with Crippen molar-refractivity contribution in [3.8, 4) is 11.1 Å². The average Bonchev–Trinajstić information content (AvgIpc) is 3.11. The summed E-state index contributed by atoms with van der Waals surface area (Å²) in [4.78, 5) is 44.1. The molecule has 0 aromatic heterocycles. The molecule has 0 bridgehead atoms. The molecule has 51 heavy (non-hydrogen) atoms. The third kappa shape index (κ3) is 10.9. The van der Waals surface area contributed by atoms with Crippen molar-refractivity contribution in [2.24, 2.45) is 0 Å². The predicted octanol–water partition coefficient (Wildman–Crippen LogP) is 8.06. The van der Waals surface area contributed by atoms with Gasteiger partial charge in [-0.25, -0.2) is 4.79 Å². The number of piperidine rings is 1. The highest BCUT2D eigenvalue weighted by Crippen LogP contribution is 2.32. The highest BCUT2D eigenvalue weighted by molar-refractivity contribution is 6.30. The van der Waals surface area contributed by atoms with E-state index < -0.39 is 11.7 Å². The summed E-state index contributed by atoms with van der Waals surface area (Å²) in [5.74, 6) is -0.159. The summed E-state index contributed by atoms with van der Waals surface area (Å²) in [6.07, 6.45) is 1.53. The van der Waals surface area contributed by atoms with Gasteiger partial charge in [0.1, 0.15) is 5.60 Å². The lowest BCUT2D eigenvalue weighted by Crippen LogP contribution is -2.48. The van der Waals surface area contributed by atoms with Crippen molar-refractivity contribution in [2.75, 3.05) is 26.2 Å². The van der Waals surface area contributed by atoms with Gasteiger partial charge < -0.3 is 20.3 Å². The van der Waals surface area contributed by atoms with Gasteiger partial charge >= 0.3 is 6.09 Å². The SMILES string of the molecule is CC(c1cccc(-c2ccccc2C(=O)NCCNC(=O)OC(C)(C)C)c1)N(C(=O)Cc1ccc(Cl)cc1)C1CCN(Cc2ccccc2)CC1. The van der Waals surface area contributed by atoms with Crippen LogP contribution >= 0.6 is 11.6 Å². The van der Waals surface area contributed by atoms with Gasteiger partial charge in [-0.2, -0.15) is 0 Å². The van der Waals surface area contributed by atoms with Crippen LogP contribution in [0.2, 0.25) is 5.02 Å². The Kier molecular flexibility index (Phi) is 12.9. The molecule has 1 saturated heterocycles. The van der Waals surface area contributed by atoms with Crippen LogP contribution in [0, 0.1) is 0 Å². The van der Waals surface area contributed by atoms with Gasteiger partial charge in [0, 0.05) is 49.4 Å². The first kappa shape index (κ1) is 37.6. The van der Waals surface area contributed by atoms with Crippen LogP contribution in [-0.2, 0) is 22.5 Å². The molecule has 3 amide bonds. The Bertz CT molecular complexity index is 1770. The maximum absolute atomic E-state index is 14.2. The summed E-state index contributed by atoms with van der Waals surface area (Å²) in [5, 5.41) is 6.23. The maximum atomic E-state index is 14.2. The molecule has 1 fully saturated rings. The van der Waals surface area contributed by atoms with Crippen LogP contribution in [0.1, 0.15) is 73.6 Å². The van der Waals surface area contributed by atoms with Gasteiger partial charge in [0.25, 0.3) is 5.91 Å². The number of carbonyl (C=O) groups is 3. The topological polar surface area (TPSA) is 91.0 Å². The molecule has 8 nitrogen and oxygen atoms in total. The fourth-order valence-electron chi connectivity index (χ4n) is 6.61. The maximum Gasteiger partial charge on any atom is 0.407 e. The van der Waals surface area contributed by atoms with Gasteiger partial charge in [-0.15, -0.1) is 0 Å². The molecule has 268 valence electrons. The number of hydrogen-bond acceptors (Lipinski definition) is 5. The van der Waals surface area contributed by atoms with Gasteiger partial charge in [-0.3, -0.25) is 14.5 Å². The van der Waals surface area contributed by atoms with Crippen LogP contribution in [-0.4, -0.2) is 65.5 Å². The lowest BCUT2D eigenvalue weighted by Gasteiger charge is -2.42. The van der Waals surface area contributed by atoms with E-state index in [4.69, 9.17) is 16.3 Å². The molecule has 1 aliphatic rings. The lowest BCUT2D eigenvalue weighted by molar-refractivity contribution is -0.136. The summed E-state index contributed by atoms with van der Waals surface area (Å²) in [6.45, 7) is 10.7. The molecule has 2 N–H and O–H groups in total. The second-order valence-electron chi connectivity index (χ2n) is 14.1. The third-order valence-electron chi connectivity index (χ3n) is 9.10. The molecule has 1 atom stereocenters. The van der Waals surface area contributed by atoms with Crippen molar-refractivity contribution >= 4 is 29.5 Å². The molecule has 1 aliphatic heterocycles. The first-order chi connectivity index (χ1) is 24.5. The molecule has 4 aromatic carbocycles. The van der Waals surface area contributed by atoms with E-state index in [2.05, 4.69) is 63.8 Å². The Morgan fingerprint density at radius 3 is 2.22 bits per heavy atom. The molecular weight excluding hydrogens is 660 g/mol. The number of alkyl carbamates (subject to hydrolysis) is 1. The Labute approximate surface area is 307 Å². The van der Waals surface area contributed by atoms with Gasteiger partial charge in [0.05, 0.1) is 12.5 Å². The van der Waals surface area contributed by atoms with Crippen molar-refractivity contribution in [1.82, 2.24) is 20.4 Å². The molecular formula is C42H49ClN4O4. The second kappa shape index (κ2) is 17.5. The zero-order valence-electron chi connectivity index (χ0n) is 30.0. The van der Waals surface area contributed by atoms with Crippen molar-refractivity contribution in [3.05, 3.63) is 130 Å². The van der Waals surface area contributed by atoms with E-state index in [9.17, 15) is 14.4 Å². The van der Waals surface area contributed by atoms with E-state index in [1.54, 1.807) is 26.8 Å². The Morgan fingerprint density at radius 1 is 0.843 bits per heavy atom. The summed E-state index contributed by atoms with van der Waals surface area (Å²) in [5.41, 5.74) is 4.83. The number of halogens is 1. The predicted molar refractivity (Wildman–Crippen MR) is 204 cm³/mol. The molecule has 4 aromatic rings. The highest BCUT2D eigenvalue weighted by Gasteiger charge is 2.32. The lowest BCUT2D eigenvalue weighted by atomic mass is 9.93. The average molecular weight is 709 g/mol. The first-order valence-corrected chi connectivity index (χ1v) is 18.1. The molecule has 9 heteroatoms. The zero-order valence-corrected chi connectivity index (χ0v) is 30.8.